The van der Waals surface area contributed by atoms with Crippen LogP contribution in [-0.4, -0.2) is 65.4 Å². The predicted molar refractivity (Wildman–Crippen MR) is 128 cm³/mol. The van der Waals surface area contributed by atoms with Gasteiger partial charge in [0.2, 0.25) is 0 Å². The van der Waals surface area contributed by atoms with Crippen molar-refractivity contribution in [2.24, 2.45) is 5.92 Å². The van der Waals surface area contributed by atoms with Crippen LogP contribution in [0.5, 0.6) is 0 Å². The lowest BCUT2D eigenvalue weighted by atomic mass is 9.88. The highest BCUT2D eigenvalue weighted by atomic mass is 35.5. The fourth-order valence-corrected chi connectivity index (χ4v) is 4.43. The summed E-state index contributed by atoms with van der Waals surface area (Å²) < 4.78 is 11.3. The Hall–Kier alpha value is -2.04. The Bertz CT molecular complexity index is 1000. The zero-order chi connectivity index (χ0) is 23.4. The van der Waals surface area contributed by atoms with Gasteiger partial charge in [-0.1, -0.05) is 23.2 Å². The number of carbonyl (C=O) groups is 1. The highest BCUT2D eigenvalue weighted by Gasteiger charge is 2.28. The first kappa shape index (κ1) is 24.1. The van der Waals surface area contributed by atoms with Crippen molar-refractivity contribution in [2.75, 3.05) is 43.5 Å². The lowest BCUT2D eigenvalue weighted by molar-refractivity contribution is -0.128. The molecule has 2 aromatic rings. The maximum atomic E-state index is 12.5. The third-order valence-corrected chi connectivity index (χ3v) is 6.26. The molecule has 2 saturated heterocycles. The van der Waals surface area contributed by atoms with E-state index in [1.54, 1.807) is 12.3 Å². The van der Waals surface area contributed by atoms with Gasteiger partial charge in [0.15, 0.2) is 5.15 Å². The molecule has 4 heterocycles. The maximum Gasteiger partial charge on any atom is 0.255 e. The SMILES string of the molecule is CC1(C)C[C@H](CNc2cnc(Cl)c(-c3cc(NC(=O)[C@H]4CNCCO4)ncc3Cl)n2)CCO1. The molecule has 2 aliphatic rings. The van der Waals surface area contributed by atoms with Gasteiger partial charge < -0.3 is 25.4 Å². The van der Waals surface area contributed by atoms with Crippen LogP contribution in [0.15, 0.2) is 18.5 Å². The van der Waals surface area contributed by atoms with Gasteiger partial charge in [-0.15, -0.1) is 0 Å². The van der Waals surface area contributed by atoms with E-state index < -0.39 is 6.10 Å². The summed E-state index contributed by atoms with van der Waals surface area (Å²) in [6.45, 7) is 7.37. The fraction of sp³-hybridized carbons (Fsp3) is 0.545. The van der Waals surface area contributed by atoms with Gasteiger partial charge in [0.1, 0.15) is 23.4 Å². The first-order valence-corrected chi connectivity index (χ1v) is 11.8. The minimum Gasteiger partial charge on any atom is -0.376 e. The Balaban J connectivity index is 1.48. The Morgan fingerprint density at radius 2 is 2.09 bits per heavy atom. The summed E-state index contributed by atoms with van der Waals surface area (Å²) >= 11 is 12.8. The van der Waals surface area contributed by atoms with Crippen LogP contribution >= 0.6 is 23.2 Å². The number of hydrogen-bond donors (Lipinski definition) is 3. The van der Waals surface area contributed by atoms with E-state index in [4.69, 9.17) is 32.7 Å². The first-order valence-electron chi connectivity index (χ1n) is 11.0. The number of hydrogen-bond acceptors (Lipinski definition) is 8. The summed E-state index contributed by atoms with van der Waals surface area (Å²) in [6.07, 6.45) is 4.43. The second-order valence-corrected chi connectivity index (χ2v) is 9.61. The molecule has 1 amide bonds. The monoisotopic (exact) mass is 494 g/mol. The van der Waals surface area contributed by atoms with Gasteiger partial charge in [-0.05, 0) is 38.7 Å². The molecule has 178 valence electrons. The minimum atomic E-state index is -0.578. The number of nitrogens with zero attached hydrogens (tertiary/aromatic N) is 3. The van der Waals surface area contributed by atoms with E-state index in [2.05, 4.69) is 44.7 Å². The third-order valence-electron chi connectivity index (χ3n) is 5.68. The van der Waals surface area contributed by atoms with E-state index in [9.17, 15) is 4.79 Å². The van der Waals surface area contributed by atoms with E-state index in [1.165, 1.54) is 6.20 Å². The Morgan fingerprint density at radius 1 is 1.24 bits per heavy atom. The highest BCUT2D eigenvalue weighted by molar-refractivity contribution is 6.35. The summed E-state index contributed by atoms with van der Waals surface area (Å²) in [5.74, 6) is 1.11. The largest absolute Gasteiger partial charge is 0.376 e. The van der Waals surface area contributed by atoms with Crippen molar-refractivity contribution in [2.45, 2.75) is 38.4 Å². The molecule has 2 aliphatic heterocycles. The molecule has 2 atom stereocenters. The lowest BCUT2D eigenvalue weighted by Crippen LogP contribution is -2.45. The molecule has 33 heavy (non-hydrogen) atoms. The molecule has 0 unspecified atom stereocenters. The van der Waals surface area contributed by atoms with Gasteiger partial charge in [0, 0.05) is 38.0 Å². The normalized spacial score (nSPS) is 22.5. The molecule has 4 rings (SSSR count). The van der Waals surface area contributed by atoms with Crippen molar-refractivity contribution < 1.29 is 14.3 Å². The lowest BCUT2D eigenvalue weighted by Gasteiger charge is -2.35. The summed E-state index contributed by atoms with van der Waals surface area (Å²) in [4.78, 5) is 25.6. The van der Waals surface area contributed by atoms with Crippen LogP contribution in [0.2, 0.25) is 10.2 Å². The summed E-state index contributed by atoms with van der Waals surface area (Å²) in [7, 11) is 0. The van der Waals surface area contributed by atoms with Crippen LogP contribution < -0.4 is 16.0 Å². The van der Waals surface area contributed by atoms with E-state index in [0.29, 0.717) is 47.0 Å². The molecular formula is C22H28Cl2N6O3. The smallest absolute Gasteiger partial charge is 0.255 e. The van der Waals surface area contributed by atoms with Crippen molar-refractivity contribution in [3.63, 3.8) is 0 Å². The van der Waals surface area contributed by atoms with Crippen molar-refractivity contribution >= 4 is 40.7 Å². The molecule has 0 bridgehead atoms. The standard InChI is InChI=1S/C22H28Cl2N6O3/c1-22(2)8-13(3-5-33-22)9-26-18-12-28-20(24)19(29-18)14-7-17(27-10-15(14)23)30-21(31)16-11-25-4-6-32-16/h7,10,12-13,16,25H,3-6,8-9,11H2,1-2H3,(H,26,29)(H,27,30,31)/t13-,16-/m1/s1. The quantitative estimate of drug-likeness (QED) is 0.560. The maximum absolute atomic E-state index is 12.5. The number of morpholine rings is 1. The van der Waals surface area contributed by atoms with Gasteiger partial charge in [-0.3, -0.25) is 4.79 Å². The van der Waals surface area contributed by atoms with Crippen molar-refractivity contribution in [1.82, 2.24) is 20.3 Å². The van der Waals surface area contributed by atoms with Crippen LogP contribution in [0.3, 0.4) is 0 Å². The number of anilines is 2. The number of nitrogens with one attached hydrogen (secondary N) is 3. The topological polar surface area (TPSA) is 110 Å². The zero-order valence-electron chi connectivity index (χ0n) is 18.7. The number of rotatable bonds is 6. The Kier molecular flexibility index (Phi) is 7.65. The number of aromatic nitrogens is 3. The highest BCUT2D eigenvalue weighted by Crippen LogP contribution is 2.33. The van der Waals surface area contributed by atoms with Crippen LogP contribution in [0.1, 0.15) is 26.7 Å². The van der Waals surface area contributed by atoms with Crippen molar-refractivity contribution in [1.29, 1.82) is 0 Å². The van der Waals surface area contributed by atoms with Crippen LogP contribution in [0.25, 0.3) is 11.3 Å². The van der Waals surface area contributed by atoms with Gasteiger partial charge in [-0.25, -0.2) is 15.0 Å². The Morgan fingerprint density at radius 3 is 2.85 bits per heavy atom. The molecule has 2 aromatic heterocycles. The zero-order valence-corrected chi connectivity index (χ0v) is 20.2. The summed E-state index contributed by atoms with van der Waals surface area (Å²) in [5.41, 5.74) is 0.816. The number of pyridine rings is 1. The van der Waals surface area contributed by atoms with E-state index in [-0.39, 0.29) is 16.7 Å². The van der Waals surface area contributed by atoms with Gasteiger partial charge in [0.25, 0.3) is 5.91 Å². The second kappa shape index (κ2) is 10.5. The number of ether oxygens (including phenoxy) is 2. The number of amides is 1. The van der Waals surface area contributed by atoms with Crippen LogP contribution in [0.4, 0.5) is 11.6 Å². The first-order chi connectivity index (χ1) is 15.8. The van der Waals surface area contributed by atoms with Gasteiger partial charge >= 0.3 is 0 Å². The molecule has 0 aliphatic carbocycles. The number of halogens is 2. The molecule has 0 spiro atoms. The average Bonchev–Trinajstić information content (AvgIpc) is 2.80. The second-order valence-electron chi connectivity index (χ2n) is 8.84. The number of carbonyl (C=O) groups excluding carboxylic acids is 1. The molecule has 0 radical (unpaired) electrons. The van der Waals surface area contributed by atoms with Crippen LogP contribution in [0, 0.1) is 5.92 Å². The Labute approximate surface area is 203 Å². The van der Waals surface area contributed by atoms with E-state index in [0.717, 1.165) is 32.5 Å². The fourth-order valence-electron chi connectivity index (χ4n) is 4.04. The van der Waals surface area contributed by atoms with E-state index >= 15 is 0 Å². The molecular weight excluding hydrogens is 467 g/mol. The molecule has 0 aromatic carbocycles. The van der Waals surface area contributed by atoms with Gasteiger partial charge in [-0.2, -0.15) is 0 Å². The molecule has 0 saturated carbocycles. The molecule has 9 nitrogen and oxygen atoms in total. The third kappa shape index (κ3) is 6.30. The predicted octanol–water partition coefficient (Wildman–Crippen LogP) is 3.39. The molecule has 3 N–H and O–H groups in total. The van der Waals surface area contributed by atoms with E-state index in [1.807, 2.05) is 0 Å². The summed E-state index contributed by atoms with van der Waals surface area (Å²) in [6, 6.07) is 1.64. The summed E-state index contributed by atoms with van der Waals surface area (Å²) in [5, 5.41) is 9.81. The molecule has 2 fully saturated rings. The van der Waals surface area contributed by atoms with Crippen LogP contribution in [-0.2, 0) is 14.3 Å². The van der Waals surface area contributed by atoms with Crippen molar-refractivity contribution in [3.8, 4) is 11.3 Å². The minimum absolute atomic E-state index is 0.119. The average molecular weight is 495 g/mol. The van der Waals surface area contributed by atoms with Crippen molar-refractivity contribution in [3.05, 3.63) is 28.6 Å². The molecule has 11 heteroatoms. The van der Waals surface area contributed by atoms with Gasteiger partial charge in [0.05, 0.1) is 23.4 Å².